The van der Waals surface area contributed by atoms with Gasteiger partial charge >= 0.3 is 12.1 Å². The first-order valence-corrected chi connectivity index (χ1v) is 7.12. The topological polar surface area (TPSA) is 44.8 Å². The molecule has 0 saturated carbocycles. The zero-order valence-electron chi connectivity index (χ0n) is 13.5. The Morgan fingerprint density at radius 3 is 2.16 bits per heavy atom. The largest absolute Gasteiger partial charge is 0.497 e. The van der Waals surface area contributed by atoms with Gasteiger partial charge in [-0.05, 0) is 48.5 Å². The van der Waals surface area contributed by atoms with Crippen LogP contribution in [0.4, 0.5) is 13.2 Å². The first-order chi connectivity index (χ1) is 11.8. The summed E-state index contributed by atoms with van der Waals surface area (Å²) in [5.74, 6) is 0.390. The van der Waals surface area contributed by atoms with Crippen LogP contribution in [-0.4, -0.2) is 20.2 Å². The normalized spacial score (nSPS) is 11.4. The van der Waals surface area contributed by atoms with Gasteiger partial charge < -0.3 is 14.2 Å². The molecule has 0 amide bonds. The average molecular weight is 352 g/mol. The van der Waals surface area contributed by atoms with Crippen LogP contribution >= 0.6 is 0 Å². The minimum absolute atomic E-state index is 0.0141. The minimum atomic E-state index is -4.44. The molecule has 0 fully saturated rings. The third-order valence-corrected chi connectivity index (χ3v) is 3.24. The van der Waals surface area contributed by atoms with Crippen LogP contribution in [0.25, 0.3) is 6.08 Å². The van der Waals surface area contributed by atoms with Crippen LogP contribution in [0.3, 0.4) is 0 Å². The number of esters is 1. The predicted octanol–water partition coefficient (Wildman–Crippen LogP) is 4.34. The Balaban J connectivity index is 2.08. The summed E-state index contributed by atoms with van der Waals surface area (Å²) in [6.45, 7) is 0. The second-order valence-corrected chi connectivity index (χ2v) is 4.88. The number of halogens is 3. The monoisotopic (exact) mass is 352 g/mol. The van der Waals surface area contributed by atoms with Crippen molar-refractivity contribution < 1.29 is 32.2 Å². The van der Waals surface area contributed by atoms with E-state index in [9.17, 15) is 18.0 Å². The summed E-state index contributed by atoms with van der Waals surface area (Å²) in [7, 11) is 2.99. The summed E-state index contributed by atoms with van der Waals surface area (Å²) in [4.78, 5) is 11.8. The van der Waals surface area contributed by atoms with Crippen molar-refractivity contribution in [2.45, 2.75) is 6.18 Å². The summed E-state index contributed by atoms with van der Waals surface area (Å²) >= 11 is 0. The van der Waals surface area contributed by atoms with Crippen molar-refractivity contribution >= 4 is 12.0 Å². The molecule has 0 N–H and O–H groups in total. The molecular weight excluding hydrogens is 337 g/mol. The lowest BCUT2D eigenvalue weighted by atomic mass is 10.1. The van der Waals surface area contributed by atoms with E-state index in [2.05, 4.69) is 0 Å². The van der Waals surface area contributed by atoms with Gasteiger partial charge in [0.1, 0.15) is 17.2 Å². The van der Waals surface area contributed by atoms with E-state index in [1.165, 1.54) is 20.3 Å². The van der Waals surface area contributed by atoms with E-state index in [1.807, 2.05) is 0 Å². The third kappa shape index (κ3) is 5.00. The Hall–Kier alpha value is -2.96. The van der Waals surface area contributed by atoms with Crippen molar-refractivity contribution in [3.8, 4) is 17.2 Å². The van der Waals surface area contributed by atoms with Crippen molar-refractivity contribution in [3.63, 3.8) is 0 Å². The van der Waals surface area contributed by atoms with E-state index < -0.39 is 17.7 Å². The zero-order valence-corrected chi connectivity index (χ0v) is 13.5. The number of rotatable bonds is 5. The number of alkyl halides is 3. The van der Waals surface area contributed by atoms with E-state index in [1.54, 1.807) is 18.2 Å². The summed E-state index contributed by atoms with van der Waals surface area (Å²) in [6.07, 6.45) is -1.83. The fourth-order valence-electron chi connectivity index (χ4n) is 1.99. The molecule has 0 aliphatic heterocycles. The van der Waals surface area contributed by atoms with E-state index in [-0.39, 0.29) is 5.75 Å². The standard InChI is InChI=1S/C18H15F3O4/c1-23-15-8-9-16(24-2)12(11-15)3-10-17(22)25-14-6-4-13(5-7-14)18(19,20)21/h3-11H,1-2H3. The lowest BCUT2D eigenvalue weighted by molar-refractivity contribution is -0.137. The van der Waals surface area contributed by atoms with Gasteiger partial charge in [-0.25, -0.2) is 4.79 Å². The first kappa shape index (κ1) is 18.4. The van der Waals surface area contributed by atoms with Gasteiger partial charge in [-0.3, -0.25) is 0 Å². The molecule has 0 unspecified atom stereocenters. The van der Waals surface area contributed by atoms with Gasteiger partial charge in [-0.1, -0.05) is 0 Å². The van der Waals surface area contributed by atoms with Crippen molar-refractivity contribution in [1.82, 2.24) is 0 Å². The van der Waals surface area contributed by atoms with Crippen molar-refractivity contribution in [3.05, 3.63) is 59.7 Å². The van der Waals surface area contributed by atoms with Crippen LogP contribution in [0.5, 0.6) is 17.2 Å². The molecule has 25 heavy (non-hydrogen) atoms. The molecule has 0 saturated heterocycles. The molecule has 2 rings (SSSR count). The third-order valence-electron chi connectivity index (χ3n) is 3.24. The first-order valence-electron chi connectivity index (χ1n) is 7.12. The highest BCUT2D eigenvalue weighted by Gasteiger charge is 2.30. The van der Waals surface area contributed by atoms with Gasteiger partial charge in [-0.2, -0.15) is 13.2 Å². The highest BCUT2D eigenvalue weighted by Crippen LogP contribution is 2.30. The molecule has 0 aliphatic rings. The summed E-state index contributed by atoms with van der Waals surface area (Å²) in [5, 5.41) is 0. The molecule has 0 spiro atoms. The van der Waals surface area contributed by atoms with Gasteiger partial charge in [0.2, 0.25) is 0 Å². The Labute approximate surface area is 142 Å². The predicted molar refractivity (Wildman–Crippen MR) is 85.7 cm³/mol. The Morgan fingerprint density at radius 2 is 1.60 bits per heavy atom. The van der Waals surface area contributed by atoms with E-state index >= 15 is 0 Å². The summed E-state index contributed by atoms with van der Waals surface area (Å²) in [5.41, 5.74) is -0.227. The molecule has 2 aromatic rings. The van der Waals surface area contributed by atoms with Crippen molar-refractivity contribution in [2.75, 3.05) is 14.2 Å². The van der Waals surface area contributed by atoms with Gasteiger partial charge in [0.05, 0.1) is 19.8 Å². The zero-order chi connectivity index (χ0) is 18.4. The van der Waals surface area contributed by atoms with Gasteiger partial charge in [0.25, 0.3) is 0 Å². The summed E-state index contributed by atoms with van der Waals surface area (Å²) in [6, 6.07) is 8.91. The average Bonchev–Trinajstić information content (AvgIpc) is 2.59. The molecule has 7 heteroatoms. The Kier molecular flexibility index (Phi) is 5.69. The van der Waals surface area contributed by atoms with E-state index in [4.69, 9.17) is 14.2 Å². The SMILES string of the molecule is COc1ccc(OC)c(C=CC(=O)Oc2ccc(C(F)(F)F)cc2)c1. The maximum Gasteiger partial charge on any atom is 0.416 e. The number of hydrogen-bond donors (Lipinski definition) is 0. The van der Waals surface area contributed by atoms with Crippen molar-refractivity contribution in [2.24, 2.45) is 0 Å². The lowest BCUT2D eigenvalue weighted by Crippen LogP contribution is -2.06. The molecule has 0 radical (unpaired) electrons. The lowest BCUT2D eigenvalue weighted by Gasteiger charge is -2.08. The fraction of sp³-hybridized carbons (Fsp3) is 0.167. The fourth-order valence-corrected chi connectivity index (χ4v) is 1.99. The quantitative estimate of drug-likeness (QED) is 0.456. The minimum Gasteiger partial charge on any atom is -0.497 e. The Bertz CT molecular complexity index is 765. The maximum atomic E-state index is 12.5. The number of carbonyl (C=O) groups excluding carboxylic acids is 1. The number of hydrogen-bond acceptors (Lipinski definition) is 4. The van der Waals surface area contributed by atoms with Crippen LogP contribution in [0, 0.1) is 0 Å². The molecule has 0 heterocycles. The summed E-state index contributed by atoms with van der Waals surface area (Å²) < 4.78 is 52.7. The number of carbonyl (C=O) groups is 1. The molecule has 2 aromatic carbocycles. The van der Waals surface area contributed by atoms with Gasteiger partial charge in [-0.15, -0.1) is 0 Å². The Morgan fingerprint density at radius 1 is 0.960 bits per heavy atom. The number of methoxy groups -OCH3 is 2. The maximum absolute atomic E-state index is 12.5. The van der Waals surface area contributed by atoms with Crippen molar-refractivity contribution in [1.29, 1.82) is 0 Å². The van der Waals surface area contributed by atoms with Crippen LogP contribution < -0.4 is 14.2 Å². The highest BCUT2D eigenvalue weighted by molar-refractivity contribution is 5.89. The van der Waals surface area contributed by atoms with E-state index in [0.717, 1.165) is 30.3 Å². The molecule has 0 bridgehead atoms. The number of benzene rings is 2. The van der Waals surface area contributed by atoms with Crippen LogP contribution in [0.1, 0.15) is 11.1 Å². The molecule has 4 nitrogen and oxygen atoms in total. The molecule has 132 valence electrons. The van der Waals surface area contributed by atoms with E-state index in [0.29, 0.717) is 17.1 Å². The smallest absolute Gasteiger partial charge is 0.416 e. The van der Waals surface area contributed by atoms with Crippen LogP contribution in [-0.2, 0) is 11.0 Å². The van der Waals surface area contributed by atoms with Gasteiger partial charge in [0, 0.05) is 11.6 Å². The second-order valence-electron chi connectivity index (χ2n) is 4.88. The van der Waals surface area contributed by atoms with Crippen LogP contribution in [0.15, 0.2) is 48.5 Å². The second kappa shape index (κ2) is 7.74. The highest BCUT2D eigenvalue weighted by atomic mass is 19.4. The molecule has 0 aromatic heterocycles. The van der Waals surface area contributed by atoms with Gasteiger partial charge in [0.15, 0.2) is 0 Å². The molecule has 0 aliphatic carbocycles. The van der Waals surface area contributed by atoms with Crippen LogP contribution in [0.2, 0.25) is 0 Å². The molecule has 0 atom stereocenters. The number of ether oxygens (including phenoxy) is 3. The molecular formula is C18H15F3O4.